The predicted molar refractivity (Wildman–Crippen MR) is 103 cm³/mol. The molecule has 0 atom stereocenters. The van der Waals surface area contributed by atoms with Gasteiger partial charge in [0.15, 0.2) is 0 Å². The van der Waals surface area contributed by atoms with E-state index in [0.29, 0.717) is 79.1 Å². The zero-order chi connectivity index (χ0) is 20.0. The normalized spacial score (nSPS) is 11.3. The smallest absolute Gasteiger partial charge is 0.222 e. The van der Waals surface area contributed by atoms with Gasteiger partial charge in [0.25, 0.3) is 0 Å². The molecule has 0 spiro atoms. The van der Waals surface area contributed by atoms with E-state index in [4.69, 9.17) is 28.4 Å². The van der Waals surface area contributed by atoms with Gasteiger partial charge in [-0.25, -0.2) is 0 Å². The van der Waals surface area contributed by atoms with E-state index in [1.165, 1.54) is 0 Å². The van der Waals surface area contributed by atoms with Crippen molar-refractivity contribution in [3.05, 3.63) is 0 Å². The zero-order valence-electron chi connectivity index (χ0n) is 17.3. The van der Waals surface area contributed by atoms with Crippen LogP contribution in [-0.2, 0) is 33.2 Å². The molecule has 0 aliphatic heterocycles. The van der Waals surface area contributed by atoms with Crippen LogP contribution in [0.3, 0.4) is 0 Å². The fraction of sp³-hybridized carbons (Fsp3) is 0.947. The van der Waals surface area contributed by atoms with Crippen molar-refractivity contribution in [1.29, 1.82) is 0 Å². The molecule has 0 aromatic carbocycles. The largest absolute Gasteiger partial charge is 0.379 e. The van der Waals surface area contributed by atoms with Gasteiger partial charge >= 0.3 is 0 Å². The zero-order valence-corrected chi connectivity index (χ0v) is 17.3. The molecule has 0 radical (unpaired) electrons. The molecule has 1 amide bonds. The Balaban J connectivity index is 3.06. The standard InChI is InChI=1S/C19H39NO7/c1-4-6-22-8-10-24-12-14-26-16-17-27-15-13-25-11-9-23-7-5-19(21)20-18(2)3/h18H,4-17H2,1-3H3,(H,20,21). The van der Waals surface area contributed by atoms with Crippen molar-refractivity contribution < 1.29 is 33.2 Å². The van der Waals surface area contributed by atoms with Crippen LogP contribution in [0.25, 0.3) is 0 Å². The maximum atomic E-state index is 11.4. The van der Waals surface area contributed by atoms with Crippen molar-refractivity contribution in [2.24, 2.45) is 0 Å². The van der Waals surface area contributed by atoms with Crippen LogP contribution in [0.5, 0.6) is 0 Å². The molecule has 8 nitrogen and oxygen atoms in total. The van der Waals surface area contributed by atoms with E-state index < -0.39 is 0 Å². The summed E-state index contributed by atoms with van der Waals surface area (Å²) in [6.45, 7) is 12.6. The second-order valence-corrected chi connectivity index (χ2v) is 6.15. The summed E-state index contributed by atoms with van der Waals surface area (Å²) in [5.74, 6) is 0.00842. The lowest BCUT2D eigenvalue weighted by molar-refractivity contribution is -0.122. The van der Waals surface area contributed by atoms with Crippen molar-refractivity contribution >= 4 is 5.91 Å². The average Bonchev–Trinajstić information content (AvgIpc) is 2.63. The van der Waals surface area contributed by atoms with Crippen LogP contribution in [-0.4, -0.2) is 91.2 Å². The molecule has 0 aliphatic carbocycles. The highest BCUT2D eigenvalue weighted by atomic mass is 16.6. The Hall–Kier alpha value is -0.770. The molecule has 8 heteroatoms. The minimum absolute atomic E-state index is 0.00842. The van der Waals surface area contributed by atoms with Crippen molar-refractivity contribution in [3.63, 3.8) is 0 Å². The molecule has 0 rings (SSSR count). The SMILES string of the molecule is CCCOCCOCCOCCOCCOCCOCCC(=O)NC(C)C. The third-order valence-electron chi connectivity index (χ3n) is 3.13. The summed E-state index contributed by atoms with van der Waals surface area (Å²) in [6.07, 6.45) is 1.40. The first-order valence-corrected chi connectivity index (χ1v) is 9.92. The fourth-order valence-corrected chi connectivity index (χ4v) is 1.90. The summed E-state index contributed by atoms with van der Waals surface area (Å²) in [5.41, 5.74) is 0. The van der Waals surface area contributed by atoms with Crippen LogP contribution in [0.4, 0.5) is 0 Å². The lowest BCUT2D eigenvalue weighted by atomic mass is 10.3. The van der Waals surface area contributed by atoms with Gasteiger partial charge in [0.2, 0.25) is 5.91 Å². The van der Waals surface area contributed by atoms with Gasteiger partial charge < -0.3 is 33.7 Å². The Bertz CT molecular complexity index is 316. The molecule has 0 saturated carbocycles. The summed E-state index contributed by atoms with van der Waals surface area (Å²) >= 11 is 0. The Kier molecular flexibility index (Phi) is 20.9. The van der Waals surface area contributed by atoms with Crippen LogP contribution in [0, 0.1) is 0 Å². The van der Waals surface area contributed by atoms with Crippen molar-refractivity contribution in [2.45, 2.75) is 39.7 Å². The second kappa shape index (κ2) is 21.5. The molecular weight excluding hydrogens is 354 g/mol. The van der Waals surface area contributed by atoms with Crippen LogP contribution < -0.4 is 5.32 Å². The van der Waals surface area contributed by atoms with Gasteiger partial charge in [-0.1, -0.05) is 6.92 Å². The number of hydrogen-bond acceptors (Lipinski definition) is 7. The molecule has 0 aromatic heterocycles. The molecule has 27 heavy (non-hydrogen) atoms. The number of ether oxygens (including phenoxy) is 6. The number of carbonyl (C=O) groups excluding carboxylic acids is 1. The maximum absolute atomic E-state index is 11.4. The molecule has 1 N–H and O–H groups in total. The number of amides is 1. The van der Waals surface area contributed by atoms with E-state index in [2.05, 4.69) is 12.2 Å². The Morgan fingerprint density at radius 3 is 1.30 bits per heavy atom. The maximum Gasteiger partial charge on any atom is 0.222 e. The summed E-state index contributed by atoms with van der Waals surface area (Å²) < 4.78 is 32.2. The first kappa shape index (κ1) is 26.2. The molecule has 0 fully saturated rings. The van der Waals surface area contributed by atoms with Gasteiger partial charge in [-0.15, -0.1) is 0 Å². The molecule has 0 heterocycles. The van der Waals surface area contributed by atoms with Gasteiger partial charge in [-0.2, -0.15) is 0 Å². The highest BCUT2D eigenvalue weighted by Crippen LogP contribution is 1.88. The van der Waals surface area contributed by atoms with Gasteiger partial charge in [0, 0.05) is 19.1 Å². The fourth-order valence-electron chi connectivity index (χ4n) is 1.90. The van der Waals surface area contributed by atoms with Gasteiger partial charge in [-0.05, 0) is 20.3 Å². The van der Waals surface area contributed by atoms with Gasteiger partial charge in [-0.3, -0.25) is 4.79 Å². The van der Waals surface area contributed by atoms with Crippen LogP contribution >= 0.6 is 0 Å². The van der Waals surface area contributed by atoms with Crippen molar-refractivity contribution in [2.75, 3.05) is 79.3 Å². The average molecular weight is 394 g/mol. The van der Waals surface area contributed by atoms with Gasteiger partial charge in [0.1, 0.15) is 0 Å². The van der Waals surface area contributed by atoms with E-state index in [-0.39, 0.29) is 11.9 Å². The molecule has 0 unspecified atom stereocenters. The van der Waals surface area contributed by atoms with E-state index in [1.807, 2.05) is 13.8 Å². The lowest BCUT2D eigenvalue weighted by Gasteiger charge is -2.09. The number of hydrogen-bond donors (Lipinski definition) is 1. The topological polar surface area (TPSA) is 84.5 Å². The van der Waals surface area contributed by atoms with E-state index in [0.717, 1.165) is 13.0 Å². The second-order valence-electron chi connectivity index (χ2n) is 6.15. The van der Waals surface area contributed by atoms with E-state index >= 15 is 0 Å². The van der Waals surface area contributed by atoms with Crippen LogP contribution in [0.1, 0.15) is 33.6 Å². The Labute approximate surface area is 164 Å². The first-order chi connectivity index (χ1) is 13.2. The summed E-state index contributed by atoms with van der Waals surface area (Å²) in [7, 11) is 0. The summed E-state index contributed by atoms with van der Waals surface area (Å²) in [5, 5.41) is 2.81. The molecule has 0 aliphatic rings. The molecule has 162 valence electrons. The molecular formula is C19H39NO7. The minimum atomic E-state index is 0.00842. The Morgan fingerprint density at radius 2 is 0.963 bits per heavy atom. The van der Waals surface area contributed by atoms with Crippen molar-refractivity contribution in [3.8, 4) is 0 Å². The van der Waals surface area contributed by atoms with E-state index in [9.17, 15) is 4.79 Å². The number of nitrogens with one attached hydrogen (secondary N) is 1. The van der Waals surface area contributed by atoms with E-state index in [1.54, 1.807) is 0 Å². The van der Waals surface area contributed by atoms with Crippen molar-refractivity contribution in [1.82, 2.24) is 5.32 Å². The molecule has 0 bridgehead atoms. The Morgan fingerprint density at radius 1 is 0.630 bits per heavy atom. The number of carbonyl (C=O) groups is 1. The highest BCUT2D eigenvalue weighted by molar-refractivity contribution is 5.76. The lowest BCUT2D eigenvalue weighted by Crippen LogP contribution is -2.30. The van der Waals surface area contributed by atoms with Crippen LogP contribution in [0.2, 0.25) is 0 Å². The summed E-state index contributed by atoms with van der Waals surface area (Å²) in [4.78, 5) is 11.4. The van der Waals surface area contributed by atoms with Gasteiger partial charge in [0.05, 0.1) is 72.7 Å². The third kappa shape index (κ3) is 23.2. The predicted octanol–water partition coefficient (Wildman–Crippen LogP) is 1.41. The third-order valence-corrected chi connectivity index (χ3v) is 3.13. The molecule has 0 saturated heterocycles. The monoisotopic (exact) mass is 393 g/mol. The molecule has 0 aromatic rings. The highest BCUT2D eigenvalue weighted by Gasteiger charge is 2.02. The number of rotatable bonds is 21. The minimum Gasteiger partial charge on any atom is -0.379 e. The van der Waals surface area contributed by atoms with Crippen LogP contribution in [0.15, 0.2) is 0 Å². The quantitative estimate of drug-likeness (QED) is 0.295. The first-order valence-electron chi connectivity index (χ1n) is 9.92. The summed E-state index contributed by atoms with van der Waals surface area (Å²) in [6, 6.07) is 0.162.